The number of hydrogen-bond donors (Lipinski definition) is 1. The molecule has 1 aliphatic rings. The van der Waals surface area contributed by atoms with Crippen molar-refractivity contribution < 1.29 is 0 Å². The van der Waals surface area contributed by atoms with Crippen molar-refractivity contribution in [3.05, 3.63) is 17.3 Å². The third kappa shape index (κ3) is 2.15. The molecule has 2 aromatic rings. The summed E-state index contributed by atoms with van der Waals surface area (Å²) >= 11 is 5.97. The topological polar surface area (TPSA) is 60.0 Å². The van der Waals surface area contributed by atoms with Crippen LogP contribution in [0.25, 0.3) is 11.2 Å². The molecule has 1 aliphatic carbocycles. The zero-order valence-electron chi connectivity index (χ0n) is 11.9. The molecule has 20 heavy (non-hydrogen) atoms. The number of imidazole rings is 1. The number of rotatable bonds is 3. The van der Waals surface area contributed by atoms with Gasteiger partial charge in [0.05, 0.1) is 5.02 Å². The van der Waals surface area contributed by atoms with Crippen molar-refractivity contribution >= 4 is 28.7 Å². The Hall–Kier alpha value is -1.33. The van der Waals surface area contributed by atoms with E-state index < -0.39 is 0 Å². The quantitative estimate of drug-likeness (QED) is 0.945. The van der Waals surface area contributed by atoms with Gasteiger partial charge in [-0.25, -0.2) is 9.97 Å². The molecule has 5 nitrogen and oxygen atoms in total. The van der Waals surface area contributed by atoms with Crippen LogP contribution in [0.3, 0.4) is 0 Å². The number of halogens is 1. The minimum absolute atomic E-state index is 0.156. The SMILES string of the molecule is CN(C)C1(Cn2c(N)nc3cc(Cl)cnc32)CCCC1. The monoisotopic (exact) mass is 293 g/mol. The van der Waals surface area contributed by atoms with E-state index in [1.807, 2.05) is 10.6 Å². The second-order valence-corrected chi connectivity index (χ2v) is 6.31. The van der Waals surface area contributed by atoms with Gasteiger partial charge >= 0.3 is 0 Å². The molecule has 0 atom stereocenters. The number of fused-ring (bicyclic) bond motifs is 1. The first-order valence-electron chi connectivity index (χ1n) is 6.96. The van der Waals surface area contributed by atoms with Crippen molar-refractivity contribution in [2.24, 2.45) is 0 Å². The van der Waals surface area contributed by atoms with E-state index in [0.717, 1.165) is 17.7 Å². The molecule has 0 saturated heterocycles. The number of aromatic nitrogens is 3. The molecule has 1 fully saturated rings. The molecule has 0 spiro atoms. The zero-order valence-corrected chi connectivity index (χ0v) is 12.7. The van der Waals surface area contributed by atoms with E-state index >= 15 is 0 Å². The van der Waals surface area contributed by atoms with Gasteiger partial charge in [-0.15, -0.1) is 0 Å². The second-order valence-electron chi connectivity index (χ2n) is 5.88. The Labute approximate surface area is 123 Å². The Balaban J connectivity index is 2.04. The normalized spacial score (nSPS) is 18.2. The maximum Gasteiger partial charge on any atom is 0.202 e. The van der Waals surface area contributed by atoms with E-state index in [9.17, 15) is 0 Å². The van der Waals surface area contributed by atoms with Crippen molar-refractivity contribution in [1.82, 2.24) is 19.4 Å². The Morgan fingerprint density at radius 1 is 1.40 bits per heavy atom. The molecule has 0 radical (unpaired) electrons. The lowest BCUT2D eigenvalue weighted by Gasteiger charge is -2.36. The molecule has 0 bridgehead atoms. The van der Waals surface area contributed by atoms with Gasteiger partial charge in [0.15, 0.2) is 5.65 Å². The number of nitrogens with two attached hydrogens (primary N) is 1. The maximum atomic E-state index is 6.09. The van der Waals surface area contributed by atoms with Gasteiger partial charge in [-0.2, -0.15) is 0 Å². The molecule has 108 valence electrons. The molecule has 2 N–H and O–H groups in total. The summed E-state index contributed by atoms with van der Waals surface area (Å²) in [5, 5.41) is 0.588. The van der Waals surface area contributed by atoms with Gasteiger partial charge in [0.1, 0.15) is 5.52 Å². The summed E-state index contributed by atoms with van der Waals surface area (Å²) < 4.78 is 2.02. The van der Waals surface area contributed by atoms with Gasteiger partial charge in [-0.3, -0.25) is 4.57 Å². The molecular formula is C14H20ClN5. The molecule has 2 heterocycles. The highest BCUT2D eigenvalue weighted by Crippen LogP contribution is 2.36. The predicted molar refractivity (Wildman–Crippen MR) is 81.8 cm³/mol. The molecule has 0 unspecified atom stereocenters. The van der Waals surface area contributed by atoms with Gasteiger partial charge in [-0.05, 0) is 33.0 Å². The van der Waals surface area contributed by atoms with Gasteiger partial charge in [-0.1, -0.05) is 24.4 Å². The van der Waals surface area contributed by atoms with Crippen molar-refractivity contribution in [2.75, 3.05) is 19.8 Å². The highest BCUT2D eigenvalue weighted by atomic mass is 35.5. The lowest BCUT2D eigenvalue weighted by molar-refractivity contribution is 0.136. The largest absolute Gasteiger partial charge is 0.369 e. The van der Waals surface area contributed by atoms with Crippen LogP contribution in [0, 0.1) is 0 Å². The van der Waals surface area contributed by atoms with Gasteiger partial charge < -0.3 is 10.6 Å². The third-order valence-corrected chi connectivity index (χ3v) is 4.72. The summed E-state index contributed by atoms with van der Waals surface area (Å²) in [7, 11) is 4.29. The molecule has 3 rings (SSSR count). The first kappa shape index (κ1) is 13.6. The van der Waals surface area contributed by atoms with E-state index in [-0.39, 0.29) is 5.54 Å². The van der Waals surface area contributed by atoms with Crippen LogP contribution < -0.4 is 5.73 Å². The molecular weight excluding hydrogens is 274 g/mol. The summed E-state index contributed by atoms with van der Waals surface area (Å²) in [5.74, 6) is 0.517. The fourth-order valence-electron chi connectivity index (χ4n) is 3.23. The minimum atomic E-state index is 0.156. The van der Waals surface area contributed by atoms with Crippen LogP contribution in [0.4, 0.5) is 5.95 Å². The van der Waals surface area contributed by atoms with Crippen LogP contribution in [0.15, 0.2) is 12.3 Å². The van der Waals surface area contributed by atoms with Crippen LogP contribution in [-0.2, 0) is 6.54 Å². The highest BCUT2D eigenvalue weighted by molar-refractivity contribution is 6.31. The third-order valence-electron chi connectivity index (χ3n) is 4.52. The summed E-state index contributed by atoms with van der Waals surface area (Å²) in [6, 6.07) is 1.81. The minimum Gasteiger partial charge on any atom is -0.369 e. The van der Waals surface area contributed by atoms with E-state index in [2.05, 4.69) is 29.0 Å². The summed E-state index contributed by atoms with van der Waals surface area (Å²) in [6.45, 7) is 0.830. The Kier molecular flexibility index (Phi) is 3.34. The summed E-state index contributed by atoms with van der Waals surface area (Å²) in [5.41, 5.74) is 7.83. The van der Waals surface area contributed by atoms with Gasteiger partial charge in [0.25, 0.3) is 0 Å². The average molecular weight is 294 g/mol. The molecule has 1 saturated carbocycles. The van der Waals surface area contributed by atoms with Crippen molar-refractivity contribution in [1.29, 1.82) is 0 Å². The fraction of sp³-hybridized carbons (Fsp3) is 0.571. The predicted octanol–water partition coefficient (Wildman–Crippen LogP) is 2.54. The maximum absolute atomic E-state index is 6.09. The van der Waals surface area contributed by atoms with Gasteiger partial charge in [0.2, 0.25) is 5.95 Å². The standard InChI is InChI=1S/C14H20ClN5/c1-19(2)14(5-3-4-6-14)9-20-12-11(18-13(20)16)7-10(15)8-17-12/h7-8H,3-6,9H2,1-2H3,(H2,16,18). The number of likely N-dealkylation sites (N-methyl/N-ethyl adjacent to an activating group) is 1. The second kappa shape index (κ2) is 4.90. The lowest BCUT2D eigenvalue weighted by atomic mass is 9.96. The Bertz CT molecular complexity index is 628. The number of nitrogens with zero attached hydrogens (tertiary/aromatic N) is 4. The van der Waals surface area contributed by atoms with E-state index in [4.69, 9.17) is 17.3 Å². The van der Waals surface area contributed by atoms with E-state index in [1.54, 1.807) is 6.20 Å². The van der Waals surface area contributed by atoms with Crippen LogP contribution in [0.2, 0.25) is 5.02 Å². The fourth-order valence-corrected chi connectivity index (χ4v) is 3.39. The van der Waals surface area contributed by atoms with E-state index in [1.165, 1.54) is 25.7 Å². The Morgan fingerprint density at radius 3 is 2.75 bits per heavy atom. The molecule has 0 amide bonds. The molecule has 2 aromatic heterocycles. The van der Waals surface area contributed by atoms with Crippen molar-refractivity contribution in [2.45, 2.75) is 37.8 Å². The lowest BCUT2D eigenvalue weighted by Crippen LogP contribution is -2.45. The smallest absolute Gasteiger partial charge is 0.202 e. The van der Waals surface area contributed by atoms with E-state index in [0.29, 0.717) is 11.0 Å². The van der Waals surface area contributed by atoms with Crippen LogP contribution in [-0.4, -0.2) is 39.1 Å². The summed E-state index contributed by atoms with van der Waals surface area (Å²) in [4.78, 5) is 11.1. The Morgan fingerprint density at radius 2 is 2.10 bits per heavy atom. The average Bonchev–Trinajstić information content (AvgIpc) is 2.96. The first-order valence-corrected chi connectivity index (χ1v) is 7.34. The number of nitrogen functional groups attached to an aromatic ring is 1. The first-order chi connectivity index (χ1) is 9.52. The summed E-state index contributed by atoms with van der Waals surface area (Å²) in [6.07, 6.45) is 6.56. The number of anilines is 1. The molecule has 0 aromatic carbocycles. The molecule has 0 aliphatic heterocycles. The van der Waals surface area contributed by atoms with Crippen LogP contribution >= 0.6 is 11.6 Å². The van der Waals surface area contributed by atoms with Crippen molar-refractivity contribution in [3.8, 4) is 0 Å². The number of hydrogen-bond acceptors (Lipinski definition) is 4. The number of pyridine rings is 1. The van der Waals surface area contributed by atoms with Crippen LogP contribution in [0.1, 0.15) is 25.7 Å². The molecule has 6 heteroatoms. The zero-order chi connectivity index (χ0) is 14.3. The highest BCUT2D eigenvalue weighted by Gasteiger charge is 2.37. The van der Waals surface area contributed by atoms with Crippen LogP contribution in [0.5, 0.6) is 0 Å². The van der Waals surface area contributed by atoms with Crippen molar-refractivity contribution in [3.63, 3.8) is 0 Å². The van der Waals surface area contributed by atoms with Gasteiger partial charge in [0, 0.05) is 18.3 Å².